The second-order valence-corrected chi connectivity index (χ2v) is 9.56. The van der Waals surface area contributed by atoms with E-state index in [9.17, 15) is 35.7 Å². The molecule has 4 rings (SSSR count). The molecule has 10 atom stereocenters. The Labute approximate surface area is 198 Å². The largest absolute Gasteiger partial charge is 0.394 e. The lowest BCUT2D eigenvalue weighted by Gasteiger charge is -2.46. The first kappa shape index (κ1) is 25.9. The fourth-order valence-electron chi connectivity index (χ4n) is 5.28. The van der Waals surface area contributed by atoms with Crippen molar-refractivity contribution in [3.05, 3.63) is 35.4 Å². The molecule has 0 spiro atoms. The normalized spacial score (nSPS) is 42.0. The summed E-state index contributed by atoms with van der Waals surface area (Å²) in [6.07, 6.45) is -8.13. The average molecular weight is 485 g/mol. The molecule has 10 nitrogen and oxygen atoms in total. The van der Waals surface area contributed by atoms with E-state index in [1.54, 1.807) is 6.07 Å². The Morgan fingerprint density at radius 3 is 2.06 bits per heavy atom. The van der Waals surface area contributed by atoms with Crippen molar-refractivity contribution in [1.29, 1.82) is 0 Å². The highest BCUT2D eigenvalue weighted by Crippen LogP contribution is 2.38. The van der Waals surface area contributed by atoms with E-state index in [0.29, 0.717) is 11.5 Å². The Balaban J connectivity index is 1.55. The zero-order valence-corrected chi connectivity index (χ0v) is 19.0. The van der Waals surface area contributed by atoms with Crippen LogP contribution in [0.3, 0.4) is 0 Å². The summed E-state index contributed by atoms with van der Waals surface area (Å²) in [6.45, 7) is -1.18. The molecule has 0 amide bonds. The molecule has 1 saturated carbocycles. The summed E-state index contributed by atoms with van der Waals surface area (Å²) >= 11 is 0. The van der Waals surface area contributed by atoms with Gasteiger partial charge in [0.2, 0.25) is 0 Å². The maximum absolute atomic E-state index is 11.1. The topological polar surface area (TPSA) is 169 Å². The van der Waals surface area contributed by atoms with E-state index in [0.717, 1.165) is 18.4 Å². The van der Waals surface area contributed by atoms with Gasteiger partial charge >= 0.3 is 0 Å². The highest BCUT2D eigenvalue weighted by atomic mass is 16.7. The molecule has 1 aromatic carbocycles. The minimum Gasteiger partial charge on any atom is -0.394 e. The molecule has 2 aliphatic heterocycles. The lowest BCUT2D eigenvalue weighted by molar-refractivity contribution is -0.342. The monoisotopic (exact) mass is 484 g/mol. The van der Waals surface area contributed by atoms with Gasteiger partial charge in [-0.1, -0.05) is 43.5 Å². The van der Waals surface area contributed by atoms with Crippen LogP contribution in [0.25, 0.3) is 0 Å². The molecule has 3 fully saturated rings. The van der Waals surface area contributed by atoms with Gasteiger partial charge in [0.05, 0.1) is 13.2 Å². The molecule has 10 heteroatoms. The Morgan fingerprint density at radius 1 is 0.735 bits per heavy atom. The van der Waals surface area contributed by atoms with Gasteiger partial charge in [0.15, 0.2) is 6.29 Å². The molecule has 0 radical (unpaired) electrons. The third-order valence-electron chi connectivity index (χ3n) is 7.32. The summed E-state index contributed by atoms with van der Waals surface area (Å²) < 4.78 is 16.9. The number of hydrogen-bond acceptors (Lipinski definition) is 10. The van der Waals surface area contributed by atoms with Crippen molar-refractivity contribution in [3.8, 4) is 0 Å². The van der Waals surface area contributed by atoms with E-state index >= 15 is 0 Å². The summed E-state index contributed by atoms with van der Waals surface area (Å²) in [5, 5.41) is 71.4. The van der Waals surface area contributed by atoms with Crippen molar-refractivity contribution in [2.24, 2.45) is 0 Å². The number of rotatable bonds is 6. The predicted molar refractivity (Wildman–Crippen MR) is 118 cm³/mol. The van der Waals surface area contributed by atoms with Crippen molar-refractivity contribution in [3.63, 3.8) is 0 Å². The summed E-state index contributed by atoms with van der Waals surface area (Å²) in [4.78, 5) is 0. The van der Waals surface area contributed by atoms with Crippen LogP contribution in [0.4, 0.5) is 0 Å². The van der Waals surface area contributed by atoms with E-state index in [4.69, 9.17) is 14.2 Å². The van der Waals surface area contributed by atoms with Crippen molar-refractivity contribution in [2.45, 2.75) is 99.2 Å². The number of hydrogen-bond donors (Lipinski definition) is 7. The zero-order chi connectivity index (χ0) is 24.4. The van der Waals surface area contributed by atoms with Gasteiger partial charge in [-0.3, -0.25) is 0 Å². The maximum atomic E-state index is 11.1. The molecule has 1 aromatic rings. The predicted octanol–water partition coefficient (Wildman–Crippen LogP) is -0.927. The van der Waals surface area contributed by atoms with Gasteiger partial charge in [0, 0.05) is 0 Å². The van der Waals surface area contributed by atoms with E-state index in [-0.39, 0.29) is 0 Å². The third kappa shape index (κ3) is 5.17. The third-order valence-corrected chi connectivity index (χ3v) is 7.32. The van der Waals surface area contributed by atoms with Crippen LogP contribution in [0.2, 0.25) is 0 Å². The van der Waals surface area contributed by atoms with Crippen LogP contribution >= 0.6 is 0 Å². The smallest absolute Gasteiger partial charge is 0.187 e. The summed E-state index contributed by atoms with van der Waals surface area (Å²) in [6, 6.07) is 7.72. The van der Waals surface area contributed by atoms with Crippen molar-refractivity contribution < 1.29 is 50.0 Å². The Kier molecular flexibility index (Phi) is 8.57. The van der Waals surface area contributed by atoms with Crippen molar-refractivity contribution >= 4 is 0 Å². The lowest BCUT2D eigenvalue weighted by Crippen LogP contribution is -2.63. The molecule has 1 aliphatic carbocycles. The molecule has 0 bridgehead atoms. The Bertz CT molecular complexity index is 785. The number of benzene rings is 1. The first-order valence-corrected chi connectivity index (χ1v) is 12.0. The van der Waals surface area contributed by atoms with Crippen LogP contribution in [0.5, 0.6) is 0 Å². The number of ether oxygens (including phenoxy) is 3. The maximum Gasteiger partial charge on any atom is 0.187 e. The van der Waals surface area contributed by atoms with Crippen LogP contribution in [-0.4, -0.2) is 104 Å². The fourth-order valence-corrected chi connectivity index (χ4v) is 5.28. The number of aliphatic hydroxyl groups excluding tert-OH is 7. The highest BCUT2D eigenvalue weighted by molar-refractivity contribution is 5.29. The minimum atomic E-state index is -1.69. The van der Waals surface area contributed by atoms with Gasteiger partial charge in [-0.05, 0) is 29.9 Å². The second-order valence-electron chi connectivity index (χ2n) is 9.56. The second kappa shape index (κ2) is 11.3. The lowest BCUT2D eigenvalue weighted by atomic mass is 9.82. The Morgan fingerprint density at radius 2 is 1.38 bits per heavy atom. The minimum absolute atomic E-state index is 0.426. The van der Waals surface area contributed by atoms with E-state index in [1.165, 1.54) is 19.3 Å². The molecular weight excluding hydrogens is 448 g/mol. The summed E-state index contributed by atoms with van der Waals surface area (Å²) in [7, 11) is 0. The zero-order valence-electron chi connectivity index (χ0n) is 19.0. The first-order valence-electron chi connectivity index (χ1n) is 12.0. The molecule has 7 N–H and O–H groups in total. The van der Waals surface area contributed by atoms with Gasteiger partial charge < -0.3 is 50.0 Å². The number of aliphatic hydroxyl groups is 7. The van der Waals surface area contributed by atoms with Crippen LogP contribution in [0.1, 0.15) is 55.3 Å². The Hall–Kier alpha value is -1.18. The van der Waals surface area contributed by atoms with Crippen molar-refractivity contribution in [1.82, 2.24) is 0 Å². The highest BCUT2D eigenvalue weighted by Gasteiger charge is 2.50. The molecule has 2 saturated heterocycles. The molecule has 192 valence electrons. The van der Waals surface area contributed by atoms with E-state index < -0.39 is 74.4 Å². The summed E-state index contributed by atoms with van der Waals surface area (Å²) in [5.41, 5.74) is 1.81. The quantitative estimate of drug-likeness (QED) is 0.268. The molecule has 2 heterocycles. The SMILES string of the molecule is OC[C@H]1O[C@H](O[C@@H]2[C@H](O)[C@@H](c3cccc(C4CCCCC4)c3)O[C@H](CO)[C@H]2O)[C@@H](O)[C@@H](O)[C@@H]1O. The molecular formula is C24H36O10. The van der Waals surface area contributed by atoms with Crippen LogP contribution in [-0.2, 0) is 14.2 Å². The molecule has 0 aromatic heterocycles. The van der Waals surface area contributed by atoms with E-state index in [2.05, 4.69) is 6.07 Å². The standard InChI is InChI=1S/C24H36O10/c25-10-15-17(27)19(29)20(30)24(33-15)34-23-18(28)16(11-26)32-22(21(23)31)14-8-4-7-13(9-14)12-5-2-1-3-6-12/h4,7-9,12,15-31H,1-3,5-6,10-11H2/t15-,16-,17-,18-,19+,20+,21-,22-,23+,24-/m1/s1. The van der Waals surface area contributed by atoms with Gasteiger partial charge in [-0.15, -0.1) is 0 Å². The average Bonchev–Trinajstić information content (AvgIpc) is 2.87. The van der Waals surface area contributed by atoms with E-state index in [1.807, 2.05) is 12.1 Å². The molecule has 0 unspecified atom stereocenters. The van der Waals surface area contributed by atoms with Crippen LogP contribution in [0.15, 0.2) is 24.3 Å². The first-order chi connectivity index (χ1) is 16.3. The van der Waals surface area contributed by atoms with Gasteiger partial charge in [0.1, 0.15) is 54.9 Å². The van der Waals surface area contributed by atoms with Crippen LogP contribution in [0, 0.1) is 0 Å². The van der Waals surface area contributed by atoms with Crippen LogP contribution < -0.4 is 0 Å². The van der Waals surface area contributed by atoms with Crippen molar-refractivity contribution in [2.75, 3.05) is 13.2 Å². The molecule has 34 heavy (non-hydrogen) atoms. The van der Waals surface area contributed by atoms with Gasteiger partial charge in [-0.2, -0.15) is 0 Å². The van der Waals surface area contributed by atoms with Gasteiger partial charge in [-0.25, -0.2) is 0 Å². The summed E-state index contributed by atoms with van der Waals surface area (Å²) in [5.74, 6) is 0.426. The van der Waals surface area contributed by atoms with Gasteiger partial charge in [0.25, 0.3) is 0 Å². The fraction of sp³-hybridized carbons (Fsp3) is 0.750. The molecule has 3 aliphatic rings.